The van der Waals surface area contributed by atoms with E-state index < -0.39 is 0 Å². The van der Waals surface area contributed by atoms with Crippen molar-refractivity contribution in [3.63, 3.8) is 0 Å². The Morgan fingerprint density at radius 3 is 2.64 bits per heavy atom. The molecule has 7 heteroatoms. The van der Waals surface area contributed by atoms with Crippen molar-refractivity contribution in [2.45, 2.75) is 11.6 Å². The molecule has 146 valence electrons. The first kappa shape index (κ1) is 19.8. The van der Waals surface area contributed by atoms with Crippen LogP contribution >= 0.6 is 11.8 Å². The van der Waals surface area contributed by atoms with Crippen molar-refractivity contribution in [2.75, 3.05) is 26.5 Å². The van der Waals surface area contributed by atoms with E-state index in [1.165, 1.54) is 11.8 Å². The summed E-state index contributed by atoms with van der Waals surface area (Å²) < 4.78 is 10.5. The Bertz CT molecular complexity index is 912. The van der Waals surface area contributed by atoms with Gasteiger partial charge < -0.3 is 19.8 Å². The maximum absolute atomic E-state index is 12.1. The lowest BCUT2D eigenvalue weighted by Crippen LogP contribution is -2.27. The molecule has 1 aromatic heterocycles. The topological polar surface area (TPSA) is 76.2 Å². The molecule has 0 fully saturated rings. The van der Waals surface area contributed by atoms with Crippen LogP contribution in [-0.2, 0) is 11.2 Å². The van der Waals surface area contributed by atoms with Crippen LogP contribution in [0.3, 0.4) is 0 Å². The van der Waals surface area contributed by atoms with Crippen molar-refractivity contribution in [3.05, 3.63) is 60.3 Å². The highest BCUT2D eigenvalue weighted by Gasteiger charge is 2.08. The van der Waals surface area contributed by atoms with Crippen LogP contribution in [0.1, 0.15) is 5.56 Å². The molecule has 3 rings (SSSR count). The van der Waals surface area contributed by atoms with Gasteiger partial charge in [0.25, 0.3) is 0 Å². The van der Waals surface area contributed by atoms with Crippen LogP contribution in [0, 0.1) is 0 Å². The molecule has 28 heavy (non-hydrogen) atoms. The van der Waals surface area contributed by atoms with Gasteiger partial charge in [0.05, 0.1) is 31.9 Å². The third kappa shape index (κ3) is 5.29. The molecule has 0 aliphatic rings. The number of H-pyrrole nitrogens is 1. The molecular formula is C21H23N3O3S. The van der Waals surface area contributed by atoms with Crippen molar-refractivity contribution in [1.29, 1.82) is 0 Å². The third-order valence-corrected chi connectivity index (χ3v) is 5.05. The normalized spacial score (nSPS) is 10.5. The summed E-state index contributed by atoms with van der Waals surface area (Å²) in [6.45, 7) is 0.558. The van der Waals surface area contributed by atoms with Gasteiger partial charge in [-0.2, -0.15) is 0 Å². The molecule has 2 aromatic carbocycles. The van der Waals surface area contributed by atoms with Crippen LogP contribution in [0.15, 0.2) is 59.9 Å². The number of methoxy groups -OCH3 is 2. The summed E-state index contributed by atoms with van der Waals surface area (Å²) in [4.78, 5) is 19.7. The third-order valence-electron chi connectivity index (χ3n) is 4.16. The molecule has 0 atom stereocenters. The molecule has 1 heterocycles. The van der Waals surface area contributed by atoms with Crippen molar-refractivity contribution in [1.82, 2.24) is 15.3 Å². The fourth-order valence-corrected chi connectivity index (χ4v) is 3.39. The maximum Gasteiger partial charge on any atom is 0.230 e. The van der Waals surface area contributed by atoms with E-state index in [0.717, 1.165) is 28.4 Å². The molecule has 1 amide bonds. The Kier molecular flexibility index (Phi) is 6.97. The number of hydrogen-bond donors (Lipinski definition) is 2. The van der Waals surface area contributed by atoms with Gasteiger partial charge in [-0.3, -0.25) is 4.79 Å². The van der Waals surface area contributed by atoms with E-state index in [4.69, 9.17) is 9.47 Å². The first-order valence-corrected chi connectivity index (χ1v) is 9.89. The second kappa shape index (κ2) is 9.85. The highest BCUT2D eigenvalue weighted by molar-refractivity contribution is 7.99. The van der Waals surface area contributed by atoms with Crippen LogP contribution in [-0.4, -0.2) is 42.4 Å². The number of amides is 1. The molecule has 0 aliphatic heterocycles. The summed E-state index contributed by atoms with van der Waals surface area (Å²) in [5.41, 5.74) is 3.09. The lowest BCUT2D eigenvalue weighted by molar-refractivity contribution is -0.118. The molecule has 0 aliphatic carbocycles. The first-order chi connectivity index (χ1) is 13.7. The molecule has 0 saturated heterocycles. The quantitative estimate of drug-likeness (QED) is 0.540. The van der Waals surface area contributed by atoms with Gasteiger partial charge in [0.15, 0.2) is 16.7 Å². The Morgan fingerprint density at radius 2 is 1.89 bits per heavy atom. The molecule has 0 saturated carbocycles. The number of imidazole rings is 1. The van der Waals surface area contributed by atoms with Gasteiger partial charge in [0.2, 0.25) is 5.91 Å². The number of carbonyl (C=O) groups excluding carboxylic acids is 1. The lowest BCUT2D eigenvalue weighted by Gasteiger charge is -2.10. The van der Waals surface area contributed by atoms with Gasteiger partial charge in [0.1, 0.15) is 0 Å². The van der Waals surface area contributed by atoms with Gasteiger partial charge >= 0.3 is 0 Å². The second-order valence-corrected chi connectivity index (χ2v) is 7.01. The Hall–Kier alpha value is -2.93. The fraction of sp³-hybridized carbons (Fsp3) is 0.238. The summed E-state index contributed by atoms with van der Waals surface area (Å²) in [6.07, 6.45) is 2.50. The van der Waals surface area contributed by atoms with Crippen LogP contribution in [0.2, 0.25) is 0 Å². The number of aromatic amines is 1. The number of thioether (sulfide) groups is 1. The molecule has 3 aromatic rings. The summed E-state index contributed by atoms with van der Waals surface area (Å²) in [5.74, 6) is 1.67. The van der Waals surface area contributed by atoms with Gasteiger partial charge in [-0.05, 0) is 29.7 Å². The number of nitrogens with zero attached hydrogens (tertiary/aromatic N) is 1. The minimum Gasteiger partial charge on any atom is -0.493 e. The monoisotopic (exact) mass is 397 g/mol. The SMILES string of the molecule is COc1ccc(CCNC(=O)CSc2ncc(-c3ccccc3)[nH]2)cc1OC. The zero-order chi connectivity index (χ0) is 19.8. The molecule has 0 radical (unpaired) electrons. The molecule has 2 N–H and O–H groups in total. The van der Waals surface area contributed by atoms with Crippen molar-refractivity contribution >= 4 is 17.7 Å². The number of carbonyl (C=O) groups is 1. The number of rotatable bonds is 9. The Labute approximate surface area is 168 Å². The van der Waals surface area contributed by atoms with Crippen molar-refractivity contribution in [2.24, 2.45) is 0 Å². The molecular weight excluding hydrogens is 374 g/mol. The maximum atomic E-state index is 12.1. The van der Waals surface area contributed by atoms with E-state index in [-0.39, 0.29) is 5.91 Å². The number of aromatic nitrogens is 2. The number of hydrogen-bond acceptors (Lipinski definition) is 5. The number of ether oxygens (including phenoxy) is 2. The average Bonchev–Trinajstić information content (AvgIpc) is 3.22. The van der Waals surface area contributed by atoms with Gasteiger partial charge in [0, 0.05) is 6.54 Å². The van der Waals surface area contributed by atoms with E-state index in [1.807, 2.05) is 48.5 Å². The smallest absolute Gasteiger partial charge is 0.230 e. The minimum absolute atomic E-state index is 0.0249. The predicted molar refractivity (Wildman–Crippen MR) is 111 cm³/mol. The van der Waals surface area contributed by atoms with Crippen LogP contribution in [0.4, 0.5) is 0 Å². The molecule has 0 unspecified atom stereocenters. The predicted octanol–water partition coefficient (Wildman–Crippen LogP) is 3.54. The Balaban J connectivity index is 1.43. The van der Waals surface area contributed by atoms with E-state index in [1.54, 1.807) is 20.4 Å². The zero-order valence-corrected chi connectivity index (χ0v) is 16.7. The van der Waals surface area contributed by atoms with Gasteiger partial charge in [-0.25, -0.2) is 4.98 Å². The summed E-state index contributed by atoms with van der Waals surface area (Å²) in [7, 11) is 3.22. The number of nitrogens with one attached hydrogen (secondary N) is 2. The zero-order valence-electron chi connectivity index (χ0n) is 15.9. The first-order valence-electron chi connectivity index (χ1n) is 8.90. The minimum atomic E-state index is -0.0249. The Morgan fingerprint density at radius 1 is 1.11 bits per heavy atom. The summed E-state index contributed by atoms with van der Waals surface area (Å²) >= 11 is 1.39. The van der Waals surface area contributed by atoms with Gasteiger partial charge in [-0.15, -0.1) is 0 Å². The van der Waals surface area contributed by atoms with Crippen LogP contribution in [0.5, 0.6) is 11.5 Å². The largest absolute Gasteiger partial charge is 0.493 e. The highest BCUT2D eigenvalue weighted by Crippen LogP contribution is 2.27. The fourth-order valence-electron chi connectivity index (χ4n) is 2.71. The summed E-state index contributed by atoms with van der Waals surface area (Å²) in [6, 6.07) is 15.7. The highest BCUT2D eigenvalue weighted by atomic mass is 32.2. The molecule has 0 spiro atoms. The second-order valence-electron chi connectivity index (χ2n) is 6.05. The van der Waals surface area contributed by atoms with E-state index in [9.17, 15) is 4.79 Å². The lowest BCUT2D eigenvalue weighted by atomic mass is 10.1. The van der Waals surface area contributed by atoms with E-state index in [2.05, 4.69) is 15.3 Å². The van der Waals surface area contributed by atoms with Crippen LogP contribution in [0.25, 0.3) is 11.3 Å². The van der Waals surface area contributed by atoms with Crippen molar-refractivity contribution in [3.8, 4) is 22.8 Å². The van der Waals surface area contributed by atoms with Crippen LogP contribution < -0.4 is 14.8 Å². The van der Waals surface area contributed by atoms with E-state index in [0.29, 0.717) is 23.8 Å². The molecule has 6 nitrogen and oxygen atoms in total. The van der Waals surface area contributed by atoms with Gasteiger partial charge in [-0.1, -0.05) is 48.2 Å². The summed E-state index contributed by atoms with van der Waals surface area (Å²) in [5, 5.41) is 3.66. The standard InChI is InChI=1S/C21H23N3O3S/c1-26-18-9-8-15(12-19(18)27-2)10-11-22-20(25)14-28-21-23-13-17(24-21)16-6-4-3-5-7-16/h3-9,12-13H,10-11,14H2,1-2H3,(H,22,25)(H,23,24). The number of benzene rings is 2. The van der Waals surface area contributed by atoms with E-state index >= 15 is 0 Å². The van der Waals surface area contributed by atoms with Crippen molar-refractivity contribution < 1.29 is 14.3 Å². The average molecular weight is 398 g/mol. The molecule has 0 bridgehead atoms.